The van der Waals surface area contributed by atoms with Gasteiger partial charge in [0.2, 0.25) is 0 Å². The third kappa shape index (κ3) is 1.76. The van der Waals surface area contributed by atoms with Crippen LogP contribution in [0.4, 0.5) is 0 Å². The van der Waals surface area contributed by atoms with Crippen LogP contribution in [0.25, 0.3) is 0 Å². The van der Waals surface area contributed by atoms with E-state index in [1.54, 1.807) is 0 Å². The van der Waals surface area contributed by atoms with Gasteiger partial charge in [-0.1, -0.05) is 6.92 Å². The summed E-state index contributed by atoms with van der Waals surface area (Å²) in [6.07, 6.45) is 1.24. The fraction of sp³-hybridized carbons (Fsp3) is 1.00. The van der Waals surface area contributed by atoms with Crippen LogP contribution in [0, 0.1) is 0 Å². The maximum Gasteiger partial charge on any atom is 0.0560 e. The van der Waals surface area contributed by atoms with Gasteiger partial charge in [-0.3, -0.25) is 4.21 Å². The van der Waals surface area contributed by atoms with Crippen molar-refractivity contribution in [1.29, 1.82) is 0 Å². The molecule has 54 valence electrons. The lowest BCUT2D eigenvalue weighted by Crippen LogP contribution is -2.28. The maximum absolute atomic E-state index is 10.9. The molecule has 1 aliphatic heterocycles. The van der Waals surface area contributed by atoms with E-state index in [1.807, 2.05) is 6.92 Å². The molecule has 0 radical (unpaired) electrons. The molecule has 3 unspecified atom stereocenters. The molecule has 0 bridgehead atoms. The summed E-state index contributed by atoms with van der Waals surface area (Å²) >= 11 is 0. The van der Waals surface area contributed by atoms with Gasteiger partial charge < -0.3 is 5.11 Å². The molecule has 1 rings (SSSR count). The fourth-order valence-corrected chi connectivity index (χ4v) is 2.41. The molecule has 0 aromatic carbocycles. The Labute approximate surface area is 57.7 Å². The van der Waals surface area contributed by atoms with Crippen molar-refractivity contribution in [1.82, 2.24) is 0 Å². The summed E-state index contributed by atoms with van der Waals surface area (Å²) in [7, 11) is -0.666. The van der Waals surface area contributed by atoms with Crippen LogP contribution in [0.3, 0.4) is 0 Å². The second-order valence-corrected chi connectivity index (χ2v) is 4.55. The predicted octanol–water partition coefficient (Wildman–Crippen LogP) is 0.278. The lowest BCUT2D eigenvalue weighted by Gasteiger charge is -2.21. The van der Waals surface area contributed by atoms with Gasteiger partial charge in [0.25, 0.3) is 0 Å². The third-order valence-electron chi connectivity index (χ3n) is 1.71. The van der Waals surface area contributed by atoms with Crippen molar-refractivity contribution in [3.05, 3.63) is 0 Å². The van der Waals surface area contributed by atoms with Crippen molar-refractivity contribution in [3.63, 3.8) is 0 Å². The Balaban J connectivity index is 2.44. The third-order valence-corrected chi connectivity index (χ3v) is 3.43. The molecule has 2 nitrogen and oxygen atoms in total. The van der Waals surface area contributed by atoms with Crippen LogP contribution >= 0.6 is 0 Å². The van der Waals surface area contributed by atoms with Gasteiger partial charge in [-0.2, -0.15) is 0 Å². The van der Waals surface area contributed by atoms with Crippen LogP contribution in [-0.2, 0) is 10.8 Å². The molecule has 0 amide bonds. The molecule has 0 aromatic rings. The quantitative estimate of drug-likeness (QED) is 0.535. The molecule has 1 N–H and O–H groups in total. The van der Waals surface area contributed by atoms with E-state index in [9.17, 15) is 4.21 Å². The van der Waals surface area contributed by atoms with Gasteiger partial charge in [-0.05, 0) is 12.8 Å². The molecule has 0 spiro atoms. The first-order valence-electron chi connectivity index (χ1n) is 3.25. The zero-order valence-corrected chi connectivity index (χ0v) is 6.36. The fourth-order valence-electron chi connectivity index (χ4n) is 1.06. The highest BCUT2D eigenvalue weighted by Gasteiger charge is 2.21. The number of hydrogen-bond acceptors (Lipinski definition) is 2. The second kappa shape index (κ2) is 2.80. The van der Waals surface area contributed by atoms with Gasteiger partial charge in [-0.15, -0.1) is 0 Å². The minimum Gasteiger partial charge on any atom is -0.393 e. The molecule has 1 aliphatic rings. The summed E-state index contributed by atoms with van der Waals surface area (Å²) in [5.41, 5.74) is 0. The van der Waals surface area contributed by atoms with Crippen molar-refractivity contribution < 1.29 is 9.32 Å². The number of aliphatic hydroxyl groups is 1. The number of hydrogen-bond donors (Lipinski definition) is 1. The van der Waals surface area contributed by atoms with Crippen molar-refractivity contribution in [2.24, 2.45) is 0 Å². The Morgan fingerprint density at radius 2 is 2.33 bits per heavy atom. The summed E-state index contributed by atoms with van der Waals surface area (Å²) in [4.78, 5) is 0. The topological polar surface area (TPSA) is 37.3 Å². The summed E-state index contributed by atoms with van der Waals surface area (Å²) in [5.74, 6) is 0.683. The van der Waals surface area contributed by atoms with Crippen LogP contribution in [0.2, 0.25) is 0 Å². The lowest BCUT2D eigenvalue weighted by molar-refractivity contribution is 0.157. The first kappa shape index (κ1) is 7.22. The van der Waals surface area contributed by atoms with E-state index in [0.717, 1.165) is 6.42 Å². The second-order valence-electron chi connectivity index (χ2n) is 2.57. The highest BCUT2D eigenvalue weighted by molar-refractivity contribution is 7.85. The Bertz CT molecular complexity index is 124. The number of aliphatic hydroxyl groups excluding tert-OH is 1. The zero-order valence-electron chi connectivity index (χ0n) is 5.54. The first-order chi connectivity index (χ1) is 4.20. The Morgan fingerprint density at radius 1 is 1.67 bits per heavy atom. The van der Waals surface area contributed by atoms with Gasteiger partial charge in [0.1, 0.15) is 0 Å². The van der Waals surface area contributed by atoms with E-state index in [4.69, 9.17) is 5.11 Å². The van der Waals surface area contributed by atoms with Gasteiger partial charge >= 0.3 is 0 Å². The van der Waals surface area contributed by atoms with Gasteiger partial charge in [0.05, 0.1) is 6.10 Å². The Kier molecular flexibility index (Phi) is 2.24. The van der Waals surface area contributed by atoms with E-state index >= 15 is 0 Å². The predicted molar refractivity (Wildman–Crippen MR) is 37.7 cm³/mol. The van der Waals surface area contributed by atoms with Crippen LogP contribution in [0.15, 0.2) is 0 Å². The summed E-state index contributed by atoms with van der Waals surface area (Å²) in [6.45, 7) is 1.93. The molecule has 3 heteroatoms. The molecular weight excluding hydrogens is 136 g/mol. The summed E-state index contributed by atoms with van der Waals surface area (Å²) < 4.78 is 10.9. The number of rotatable bonds is 0. The molecule has 1 heterocycles. The lowest BCUT2D eigenvalue weighted by atomic mass is 10.1. The van der Waals surface area contributed by atoms with E-state index in [1.165, 1.54) is 0 Å². The van der Waals surface area contributed by atoms with Crippen molar-refractivity contribution >= 4 is 10.8 Å². The molecule has 0 saturated carbocycles. The maximum atomic E-state index is 10.9. The average molecular weight is 148 g/mol. The van der Waals surface area contributed by atoms with Crippen molar-refractivity contribution in [2.45, 2.75) is 31.1 Å². The van der Waals surface area contributed by atoms with Gasteiger partial charge in [0.15, 0.2) is 0 Å². The van der Waals surface area contributed by atoms with E-state index in [0.29, 0.717) is 12.2 Å². The van der Waals surface area contributed by atoms with Crippen LogP contribution in [0.5, 0.6) is 0 Å². The highest BCUT2D eigenvalue weighted by atomic mass is 32.2. The minimum absolute atomic E-state index is 0.197. The van der Waals surface area contributed by atoms with E-state index in [2.05, 4.69) is 0 Å². The van der Waals surface area contributed by atoms with Crippen LogP contribution in [0.1, 0.15) is 19.8 Å². The molecule has 1 fully saturated rings. The molecular formula is C6H12O2S. The largest absolute Gasteiger partial charge is 0.393 e. The van der Waals surface area contributed by atoms with Gasteiger partial charge in [0, 0.05) is 21.8 Å². The molecule has 1 saturated heterocycles. The van der Waals surface area contributed by atoms with E-state index < -0.39 is 10.8 Å². The molecule has 0 aliphatic carbocycles. The normalized spacial score (nSPS) is 44.9. The SMILES string of the molecule is CC1CC(O)CCS1=O. The smallest absolute Gasteiger partial charge is 0.0560 e. The van der Waals surface area contributed by atoms with E-state index in [-0.39, 0.29) is 11.4 Å². The summed E-state index contributed by atoms with van der Waals surface area (Å²) in [6, 6.07) is 0. The van der Waals surface area contributed by atoms with Gasteiger partial charge in [-0.25, -0.2) is 0 Å². The van der Waals surface area contributed by atoms with Crippen LogP contribution in [-0.4, -0.2) is 26.4 Å². The highest BCUT2D eigenvalue weighted by Crippen LogP contribution is 2.15. The van der Waals surface area contributed by atoms with Crippen molar-refractivity contribution in [2.75, 3.05) is 5.75 Å². The van der Waals surface area contributed by atoms with Crippen molar-refractivity contribution in [3.8, 4) is 0 Å². The summed E-state index contributed by atoms with van der Waals surface area (Å²) in [5, 5.41) is 9.27. The minimum atomic E-state index is -0.666. The monoisotopic (exact) mass is 148 g/mol. The Hall–Kier alpha value is 0.110. The van der Waals surface area contributed by atoms with Crippen LogP contribution < -0.4 is 0 Å². The zero-order chi connectivity index (χ0) is 6.85. The Morgan fingerprint density at radius 3 is 2.78 bits per heavy atom. The molecule has 3 atom stereocenters. The first-order valence-corrected chi connectivity index (χ1v) is 4.63. The molecule has 0 aromatic heterocycles. The standard InChI is InChI=1S/C6H12O2S/c1-5-4-6(7)2-3-9(5)8/h5-7H,2-4H2,1H3. The average Bonchev–Trinajstić information content (AvgIpc) is 1.80. The molecule has 9 heavy (non-hydrogen) atoms.